The number of rotatable bonds is 2. The molecule has 23 heavy (non-hydrogen) atoms. The van der Waals surface area contributed by atoms with Crippen LogP contribution in [0, 0.1) is 11.8 Å². The summed E-state index contributed by atoms with van der Waals surface area (Å²) in [4.78, 5) is 5.14. The van der Waals surface area contributed by atoms with E-state index in [-0.39, 0.29) is 6.04 Å². The first-order chi connectivity index (χ1) is 10.9. The average Bonchev–Trinajstić information content (AvgIpc) is 2.74. The van der Waals surface area contributed by atoms with Gasteiger partial charge in [-0.25, -0.2) is 8.42 Å². The molecule has 1 fully saturated rings. The predicted molar refractivity (Wildman–Crippen MR) is 94.5 cm³/mol. The summed E-state index contributed by atoms with van der Waals surface area (Å²) in [5, 5.41) is 0. The van der Waals surface area contributed by atoms with Crippen LogP contribution in [-0.2, 0) is 10.0 Å². The Morgan fingerprint density at radius 3 is 2.52 bits per heavy atom. The second-order valence-corrected chi connectivity index (χ2v) is 8.36. The zero-order chi connectivity index (χ0) is 16.6. The van der Waals surface area contributed by atoms with E-state index < -0.39 is 10.0 Å². The molecule has 3 atom stereocenters. The van der Waals surface area contributed by atoms with Gasteiger partial charge in [-0.1, -0.05) is 57.0 Å². The Labute approximate surface area is 138 Å². The molecular formula is C18H24N2O2S. The summed E-state index contributed by atoms with van der Waals surface area (Å²) in [5.41, 5.74) is 1.44. The molecule has 1 aliphatic carbocycles. The molecule has 0 amide bonds. The van der Waals surface area contributed by atoms with Crippen LogP contribution >= 0.6 is 0 Å². The summed E-state index contributed by atoms with van der Waals surface area (Å²) < 4.78 is 27.7. The molecule has 4 nitrogen and oxygen atoms in total. The van der Waals surface area contributed by atoms with Gasteiger partial charge in [-0.05, 0) is 30.7 Å². The van der Waals surface area contributed by atoms with E-state index in [4.69, 9.17) is 4.99 Å². The molecule has 1 saturated carbocycles. The fourth-order valence-electron chi connectivity index (χ4n) is 3.55. The Kier molecular flexibility index (Phi) is 4.32. The van der Waals surface area contributed by atoms with Gasteiger partial charge in [0.25, 0.3) is 10.0 Å². The molecule has 1 aromatic rings. The molecule has 3 rings (SSSR count). The van der Waals surface area contributed by atoms with Gasteiger partial charge in [-0.15, -0.1) is 0 Å². The van der Waals surface area contributed by atoms with Gasteiger partial charge >= 0.3 is 0 Å². The fraction of sp³-hybridized carbons (Fsp3) is 0.500. The van der Waals surface area contributed by atoms with Crippen molar-refractivity contribution in [1.82, 2.24) is 4.72 Å². The van der Waals surface area contributed by atoms with Crippen molar-refractivity contribution < 1.29 is 8.42 Å². The number of sulfonamides is 1. The molecule has 0 saturated heterocycles. The molecule has 0 unspecified atom stereocenters. The monoisotopic (exact) mass is 332 g/mol. The van der Waals surface area contributed by atoms with Crippen molar-refractivity contribution in [2.75, 3.05) is 0 Å². The lowest BCUT2D eigenvalue weighted by atomic mass is 9.78. The van der Waals surface area contributed by atoms with E-state index in [1.165, 1.54) is 6.42 Å². The first kappa shape index (κ1) is 16.2. The van der Waals surface area contributed by atoms with E-state index in [0.29, 0.717) is 28.1 Å². The summed E-state index contributed by atoms with van der Waals surface area (Å²) in [5.74, 6) is 1.64. The highest BCUT2D eigenvalue weighted by Crippen LogP contribution is 2.34. The molecule has 2 aliphatic rings. The van der Waals surface area contributed by atoms with Crippen LogP contribution in [0.15, 0.2) is 40.9 Å². The summed E-state index contributed by atoms with van der Waals surface area (Å²) in [6, 6.07) is 9.44. The highest BCUT2D eigenvalue weighted by Gasteiger charge is 2.34. The van der Waals surface area contributed by atoms with Crippen molar-refractivity contribution in [1.29, 1.82) is 0 Å². The van der Waals surface area contributed by atoms with Crippen LogP contribution in [0.5, 0.6) is 0 Å². The maximum absolute atomic E-state index is 12.5. The minimum absolute atomic E-state index is 0.196. The third kappa shape index (κ3) is 3.07. The standard InChI is InChI=1S/C18H24N2O2S/c1-12-8-7-11-16(13(12)2)19-18-14(3)17(23(21,22)20-18)15-9-5-4-6-10-15/h4-6,9-10,12-13,16H,7-8,11H2,1-3H3,(H,19,20)/t12-,13-,16+/m0/s1. The third-order valence-corrected chi connectivity index (χ3v) is 6.73. The van der Waals surface area contributed by atoms with Crippen LogP contribution < -0.4 is 4.72 Å². The van der Waals surface area contributed by atoms with E-state index in [9.17, 15) is 8.42 Å². The van der Waals surface area contributed by atoms with E-state index in [1.807, 2.05) is 37.3 Å². The quantitative estimate of drug-likeness (QED) is 0.900. The molecule has 5 heteroatoms. The van der Waals surface area contributed by atoms with Gasteiger partial charge in [0.05, 0.1) is 6.04 Å². The van der Waals surface area contributed by atoms with Crippen molar-refractivity contribution >= 4 is 20.8 Å². The molecule has 0 spiro atoms. The third-order valence-electron chi connectivity index (χ3n) is 5.19. The van der Waals surface area contributed by atoms with E-state index >= 15 is 0 Å². The Hall–Kier alpha value is -1.62. The lowest BCUT2D eigenvalue weighted by Crippen LogP contribution is -2.31. The van der Waals surface area contributed by atoms with Crippen molar-refractivity contribution in [2.45, 2.75) is 46.1 Å². The van der Waals surface area contributed by atoms with Gasteiger partial charge < -0.3 is 0 Å². The van der Waals surface area contributed by atoms with E-state index in [2.05, 4.69) is 18.6 Å². The number of aliphatic imine (C=N–C) groups is 1. The van der Waals surface area contributed by atoms with E-state index in [0.717, 1.165) is 18.4 Å². The number of nitrogens with one attached hydrogen (secondary N) is 1. The number of amidine groups is 1. The maximum Gasteiger partial charge on any atom is 0.264 e. The minimum Gasteiger partial charge on any atom is -0.264 e. The second kappa shape index (κ2) is 6.11. The lowest BCUT2D eigenvalue weighted by Gasteiger charge is -2.31. The summed E-state index contributed by atoms with van der Waals surface area (Å²) in [7, 11) is -3.52. The largest absolute Gasteiger partial charge is 0.264 e. The zero-order valence-electron chi connectivity index (χ0n) is 13.9. The van der Waals surface area contributed by atoms with Crippen LogP contribution in [0.2, 0.25) is 0 Å². The van der Waals surface area contributed by atoms with Gasteiger partial charge in [0.15, 0.2) is 0 Å². The number of nitrogens with zero attached hydrogens (tertiary/aromatic N) is 1. The van der Waals surface area contributed by atoms with Crippen LogP contribution in [0.25, 0.3) is 4.91 Å². The SMILES string of the molecule is CC1=C(c2ccccc2)S(=O)(=O)NC1=N[C@@H]1CCC[C@H](C)[C@@H]1C. The summed E-state index contributed by atoms with van der Waals surface area (Å²) in [6.07, 6.45) is 3.43. The molecule has 0 bridgehead atoms. The van der Waals surface area contributed by atoms with Gasteiger partial charge in [0.1, 0.15) is 10.7 Å². The molecule has 124 valence electrons. The van der Waals surface area contributed by atoms with Crippen molar-refractivity contribution in [3.8, 4) is 0 Å². The zero-order valence-corrected chi connectivity index (χ0v) is 14.7. The minimum atomic E-state index is -3.52. The number of hydrogen-bond acceptors (Lipinski definition) is 3. The van der Waals surface area contributed by atoms with Crippen LogP contribution in [0.1, 0.15) is 45.6 Å². The molecule has 1 heterocycles. The fourth-order valence-corrected chi connectivity index (χ4v) is 5.06. The Morgan fingerprint density at radius 1 is 1.13 bits per heavy atom. The first-order valence-corrected chi connectivity index (χ1v) is 9.76. The Morgan fingerprint density at radius 2 is 1.83 bits per heavy atom. The highest BCUT2D eigenvalue weighted by molar-refractivity contribution is 8.00. The van der Waals surface area contributed by atoms with Crippen molar-refractivity contribution in [2.24, 2.45) is 16.8 Å². The van der Waals surface area contributed by atoms with Crippen molar-refractivity contribution in [3.05, 3.63) is 41.5 Å². The smallest absolute Gasteiger partial charge is 0.264 e. The highest BCUT2D eigenvalue weighted by atomic mass is 32.2. The van der Waals surface area contributed by atoms with Gasteiger partial charge in [0, 0.05) is 5.57 Å². The summed E-state index contributed by atoms with van der Waals surface area (Å²) >= 11 is 0. The predicted octanol–water partition coefficient (Wildman–Crippen LogP) is 3.57. The van der Waals surface area contributed by atoms with Crippen LogP contribution in [0.4, 0.5) is 0 Å². The van der Waals surface area contributed by atoms with Gasteiger partial charge in [-0.2, -0.15) is 0 Å². The molecule has 1 N–H and O–H groups in total. The maximum atomic E-state index is 12.5. The molecular weight excluding hydrogens is 308 g/mol. The normalized spacial score (nSPS) is 32.1. The second-order valence-electron chi connectivity index (χ2n) is 6.74. The van der Waals surface area contributed by atoms with Gasteiger partial charge in [-0.3, -0.25) is 9.71 Å². The van der Waals surface area contributed by atoms with Gasteiger partial charge in [0.2, 0.25) is 0 Å². The lowest BCUT2D eigenvalue weighted by molar-refractivity contribution is 0.241. The Bertz CT molecular complexity index is 750. The van der Waals surface area contributed by atoms with Crippen LogP contribution in [-0.4, -0.2) is 20.3 Å². The number of hydrogen-bond donors (Lipinski definition) is 1. The summed E-state index contributed by atoms with van der Waals surface area (Å²) in [6.45, 7) is 6.32. The topological polar surface area (TPSA) is 58.5 Å². The molecule has 1 aromatic carbocycles. The van der Waals surface area contributed by atoms with Crippen LogP contribution in [0.3, 0.4) is 0 Å². The first-order valence-electron chi connectivity index (χ1n) is 8.27. The number of benzene rings is 1. The van der Waals surface area contributed by atoms with Crippen molar-refractivity contribution in [3.63, 3.8) is 0 Å². The molecule has 1 aliphatic heterocycles. The molecule has 0 aromatic heterocycles. The van der Waals surface area contributed by atoms with E-state index in [1.54, 1.807) is 0 Å². The Balaban J connectivity index is 1.99. The molecule has 0 radical (unpaired) electrons. The average molecular weight is 332 g/mol.